The van der Waals surface area contributed by atoms with Crippen molar-refractivity contribution in [3.05, 3.63) is 126 Å². The maximum Gasteiger partial charge on any atom is 0.0547 e. The van der Waals surface area contributed by atoms with Crippen LogP contribution < -0.4 is 0 Å². The van der Waals surface area contributed by atoms with Crippen LogP contribution in [0.1, 0.15) is 25.0 Å². The molecule has 0 unspecified atom stereocenters. The van der Waals surface area contributed by atoms with Crippen LogP contribution in [0.15, 0.2) is 115 Å². The Morgan fingerprint density at radius 2 is 1.08 bits per heavy atom. The molecule has 1 heterocycles. The summed E-state index contributed by atoms with van der Waals surface area (Å²) in [4.78, 5) is 0. The maximum atomic E-state index is 2.47. The van der Waals surface area contributed by atoms with Crippen LogP contribution in [0.2, 0.25) is 0 Å². The van der Waals surface area contributed by atoms with E-state index < -0.39 is 0 Å². The molecule has 0 atom stereocenters. The van der Waals surface area contributed by atoms with Crippen LogP contribution in [0.3, 0.4) is 0 Å². The topological polar surface area (TPSA) is 4.93 Å². The van der Waals surface area contributed by atoms with Crippen molar-refractivity contribution in [2.75, 3.05) is 0 Å². The molecule has 6 aromatic carbocycles. The zero-order valence-corrected chi connectivity index (χ0v) is 20.4. The average Bonchev–Trinajstić information content (AvgIpc) is 3.34. The number of fused-ring (bicyclic) bond motifs is 8. The van der Waals surface area contributed by atoms with E-state index in [1.165, 1.54) is 71.3 Å². The van der Waals surface area contributed by atoms with Crippen molar-refractivity contribution in [1.82, 2.24) is 4.57 Å². The van der Waals surface area contributed by atoms with Crippen molar-refractivity contribution in [3.63, 3.8) is 0 Å². The Kier molecular flexibility index (Phi) is 3.79. The summed E-state index contributed by atoms with van der Waals surface area (Å²) in [6, 6.07) is 42.6. The zero-order valence-electron chi connectivity index (χ0n) is 20.4. The van der Waals surface area contributed by atoms with E-state index in [0.717, 1.165) is 0 Å². The van der Waals surface area contributed by atoms with Crippen molar-refractivity contribution in [2.24, 2.45) is 0 Å². The first-order chi connectivity index (χ1) is 17.6. The quantitative estimate of drug-likeness (QED) is 0.230. The Morgan fingerprint density at radius 1 is 0.472 bits per heavy atom. The summed E-state index contributed by atoms with van der Waals surface area (Å²) in [7, 11) is 0. The number of nitrogens with zero attached hydrogens (tertiary/aromatic N) is 1. The van der Waals surface area contributed by atoms with Crippen molar-refractivity contribution < 1.29 is 0 Å². The van der Waals surface area contributed by atoms with E-state index in [-0.39, 0.29) is 5.41 Å². The first kappa shape index (κ1) is 19.9. The van der Waals surface area contributed by atoms with Gasteiger partial charge < -0.3 is 4.57 Å². The van der Waals surface area contributed by atoms with E-state index in [9.17, 15) is 0 Å². The highest BCUT2D eigenvalue weighted by Gasteiger charge is 2.36. The Balaban J connectivity index is 1.53. The molecule has 1 aromatic heterocycles. The molecule has 36 heavy (non-hydrogen) atoms. The molecular weight excluding hydrogens is 434 g/mol. The number of hydrogen-bond donors (Lipinski definition) is 0. The fourth-order valence-corrected chi connectivity index (χ4v) is 6.54. The average molecular weight is 460 g/mol. The third-order valence-electron chi connectivity index (χ3n) is 8.34. The van der Waals surface area contributed by atoms with E-state index >= 15 is 0 Å². The Hall–Kier alpha value is -4.36. The second-order valence-corrected chi connectivity index (χ2v) is 10.6. The second kappa shape index (κ2) is 6.86. The van der Waals surface area contributed by atoms with Crippen molar-refractivity contribution >= 4 is 43.4 Å². The standard InChI is InChI=1S/C35H25N/c1-35(2)30-19-24-12-4-3-11-23(24)18-27(30)28-21-34-29(20-31(28)35)26-15-7-8-16-33(26)36(34)32-17-9-13-22-10-5-6-14-25(22)32/h3-21H,1-2H3. The lowest BCUT2D eigenvalue weighted by Crippen LogP contribution is -2.14. The van der Waals surface area contributed by atoms with Gasteiger partial charge in [0, 0.05) is 21.6 Å². The molecule has 0 amide bonds. The van der Waals surface area contributed by atoms with Crippen LogP contribution in [-0.4, -0.2) is 4.57 Å². The minimum atomic E-state index is -0.0501. The van der Waals surface area contributed by atoms with Crippen LogP contribution in [0.5, 0.6) is 0 Å². The number of para-hydroxylation sites is 1. The Morgan fingerprint density at radius 3 is 1.92 bits per heavy atom. The smallest absolute Gasteiger partial charge is 0.0547 e. The van der Waals surface area contributed by atoms with Gasteiger partial charge in [-0.25, -0.2) is 0 Å². The molecule has 1 nitrogen and oxygen atoms in total. The lowest BCUT2D eigenvalue weighted by atomic mass is 9.81. The Bertz CT molecular complexity index is 2010. The Labute approximate surface area is 210 Å². The molecule has 0 spiro atoms. The van der Waals surface area contributed by atoms with Gasteiger partial charge in [-0.15, -0.1) is 0 Å². The monoisotopic (exact) mass is 459 g/mol. The predicted molar refractivity (Wildman–Crippen MR) is 153 cm³/mol. The second-order valence-electron chi connectivity index (χ2n) is 10.6. The van der Waals surface area contributed by atoms with Gasteiger partial charge in [0.05, 0.1) is 16.7 Å². The van der Waals surface area contributed by atoms with E-state index in [4.69, 9.17) is 0 Å². The van der Waals surface area contributed by atoms with Gasteiger partial charge in [-0.1, -0.05) is 92.7 Å². The zero-order chi connectivity index (χ0) is 24.0. The lowest BCUT2D eigenvalue weighted by molar-refractivity contribution is 0.662. The molecule has 0 N–H and O–H groups in total. The van der Waals surface area contributed by atoms with Gasteiger partial charge in [-0.2, -0.15) is 0 Å². The highest BCUT2D eigenvalue weighted by atomic mass is 15.0. The highest BCUT2D eigenvalue weighted by molar-refractivity contribution is 6.13. The molecule has 170 valence electrons. The fourth-order valence-electron chi connectivity index (χ4n) is 6.54. The predicted octanol–water partition coefficient (Wildman–Crippen LogP) is 9.40. The van der Waals surface area contributed by atoms with Gasteiger partial charge >= 0.3 is 0 Å². The van der Waals surface area contributed by atoms with Gasteiger partial charge in [0.25, 0.3) is 0 Å². The molecule has 1 aliphatic carbocycles. The number of benzene rings is 6. The van der Waals surface area contributed by atoms with Crippen molar-refractivity contribution in [2.45, 2.75) is 19.3 Å². The summed E-state index contributed by atoms with van der Waals surface area (Å²) in [6.07, 6.45) is 0. The van der Waals surface area contributed by atoms with E-state index in [1.807, 2.05) is 0 Å². The maximum absolute atomic E-state index is 2.47. The van der Waals surface area contributed by atoms with Crippen LogP contribution in [-0.2, 0) is 5.41 Å². The first-order valence-electron chi connectivity index (χ1n) is 12.7. The minimum absolute atomic E-state index is 0.0501. The third-order valence-corrected chi connectivity index (χ3v) is 8.34. The van der Waals surface area contributed by atoms with Gasteiger partial charge in [0.2, 0.25) is 0 Å². The molecule has 0 saturated heterocycles. The van der Waals surface area contributed by atoms with E-state index in [2.05, 4.69) is 134 Å². The third kappa shape index (κ3) is 2.50. The van der Waals surface area contributed by atoms with Gasteiger partial charge in [0.1, 0.15) is 0 Å². The molecule has 0 fully saturated rings. The molecular formula is C35H25N. The van der Waals surface area contributed by atoms with E-state index in [1.54, 1.807) is 0 Å². The molecule has 7 aromatic rings. The summed E-state index contributed by atoms with van der Waals surface area (Å²) < 4.78 is 2.47. The normalized spacial score (nSPS) is 14.1. The van der Waals surface area contributed by atoms with Crippen LogP contribution >= 0.6 is 0 Å². The summed E-state index contributed by atoms with van der Waals surface area (Å²) in [5.74, 6) is 0. The highest BCUT2D eigenvalue weighted by Crippen LogP contribution is 2.52. The molecule has 0 aliphatic heterocycles. The molecule has 0 bridgehead atoms. The van der Waals surface area contributed by atoms with Crippen LogP contribution in [0.4, 0.5) is 0 Å². The van der Waals surface area contributed by atoms with Crippen molar-refractivity contribution in [3.8, 4) is 16.8 Å². The van der Waals surface area contributed by atoms with Crippen molar-refractivity contribution in [1.29, 1.82) is 0 Å². The number of rotatable bonds is 1. The first-order valence-corrected chi connectivity index (χ1v) is 12.7. The van der Waals surface area contributed by atoms with Crippen LogP contribution in [0, 0.1) is 0 Å². The number of hydrogen-bond acceptors (Lipinski definition) is 0. The molecule has 0 radical (unpaired) electrons. The molecule has 8 rings (SSSR count). The molecule has 1 aliphatic rings. The lowest BCUT2D eigenvalue weighted by Gasteiger charge is -2.22. The van der Waals surface area contributed by atoms with E-state index in [0.29, 0.717) is 0 Å². The SMILES string of the molecule is CC1(C)c2cc3ccccc3cc2-c2cc3c(cc21)c1ccccc1n3-c1cccc2ccccc12. The van der Waals surface area contributed by atoms with Gasteiger partial charge in [-0.3, -0.25) is 0 Å². The number of aromatic nitrogens is 1. The summed E-state index contributed by atoms with van der Waals surface area (Å²) >= 11 is 0. The molecule has 1 heteroatoms. The largest absolute Gasteiger partial charge is 0.309 e. The van der Waals surface area contributed by atoms with Gasteiger partial charge in [-0.05, 0) is 74.8 Å². The minimum Gasteiger partial charge on any atom is -0.309 e. The summed E-state index contributed by atoms with van der Waals surface area (Å²) in [6.45, 7) is 4.75. The summed E-state index contributed by atoms with van der Waals surface area (Å²) in [5.41, 5.74) is 9.27. The molecule has 0 saturated carbocycles. The fraction of sp³-hybridized carbons (Fsp3) is 0.0857. The van der Waals surface area contributed by atoms with Crippen LogP contribution in [0.25, 0.3) is 60.2 Å². The summed E-state index contributed by atoms with van der Waals surface area (Å²) in [5, 5.41) is 7.78. The van der Waals surface area contributed by atoms with Gasteiger partial charge in [0.15, 0.2) is 0 Å².